The van der Waals surface area contributed by atoms with Crippen LogP contribution in [0.1, 0.15) is 18.0 Å². The van der Waals surface area contributed by atoms with Gasteiger partial charge in [0.1, 0.15) is 5.75 Å². The van der Waals surface area contributed by atoms with Gasteiger partial charge in [-0.1, -0.05) is 12.1 Å². The molecular weight excluding hydrogens is 178 g/mol. The van der Waals surface area contributed by atoms with Crippen molar-refractivity contribution in [1.29, 1.82) is 0 Å². The number of hydrogen-bond acceptors (Lipinski definition) is 3. The smallest absolute Gasteiger partial charge is 0.119 e. The largest absolute Gasteiger partial charge is 0.497 e. The van der Waals surface area contributed by atoms with E-state index in [4.69, 9.17) is 4.74 Å². The van der Waals surface area contributed by atoms with E-state index in [2.05, 4.69) is 11.4 Å². The van der Waals surface area contributed by atoms with Crippen LogP contribution in [0.5, 0.6) is 5.75 Å². The van der Waals surface area contributed by atoms with E-state index in [9.17, 15) is 5.11 Å². The van der Waals surface area contributed by atoms with E-state index in [0.717, 1.165) is 12.2 Å². The van der Waals surface area contributed by atoms with E-state index in [-0.39, 0.29) is 12.1 Å². The van der Waals surface area contributed by atoms with Crippen molar-refractivity contribution in [1.82, 2.24) is 5.32 Å². The maximum absolute atomic E-state index is 9.39. The molecule has 3 nitrogen and oxygen atoms in total. The van der Waals surface area contributed by atoms with Crippen molar-refractivity contribution in [2.75, 3.05) is 13.7 Å². The summed E-state index contributed by atoms with van der Waals surface area (Å²) in [6, 6.07) is 8.23. The second-order valence-corrected chi connectivity index (χ2v) is 3.63. The molecule has 2 atom stereocenters. The predicted octanol–water partition coefficient (Wildman–Crippen LogP) is 1.09. The number of ether oxygens (including phenoxy) is 1. The summed E-state index contributed by atoms with van der Waals surface area (Å²) in [5, 5.41) is 12.7. The summed E-state index contributed by atoms with van der Waals surface area (Å²) in [4.78, 5) is 0. The van der Waals surface area contributed by atoms with Crippen LogP contribution in [0.15, 0.2) is 24.3 Å². The molecule has 1 fully saturated rings. The quantitative estimate of drug-likeness (QED) is 0.738. The lowest BCUT2D eigenvalue weighted by atomic mass is 10.0. The fraction of sp³-hybridized carbons (Fsp3) is 0.455. The molecule has 0 radical (unpaired) electrons. The molecule has 0 amide bonds. The summed E-state index contributed by atoms with van der Waals surface area (Å²) in [7, 11) is 1.66. The minimum absolute atomic E-state index is 0.216. The Labute approximate surface area is 83.7 Å². The molecule has 1 aliphatic heterocycles. The topological polar surface area (TPSA) is 41.5 Å². The molecule has 1 aromatic rings. The number of rotatable bonds is 2. The molecule has 0 unspecified atom stereocenters. The Morgan fingerprint density at radius 2 is 2.36 bits per heavy atom. The highest BCUT2D eigenvalue weighted by molar-refractivity contribution is 5.31. The van der Waals surface area contributed by atoms with Gasteiger partial charge in [0.2, 0.25) is 0 Å². The summed E-state index contributed by atoms with van der Waals surface area (Å²) in [6.45, 7) is 0.682. The summed E-state index contributed by atoms with van der Waals surface area (Å²) < 4.78 is 5.15. The fourth-order valence-corrected chi connectivity index (χ4v) is 1.83. The van der Waals surface area contributed by atoms with E-state index in [1.807, 2.05) is 18.2 Å². The van der Waals surface area contributed by atoms with Gasteiger partial charge < -0.3 is 15.2 Å². The molecule has 76 valence electrons. The van der Waals surface area contributed by atoms with Crippen molar-refractivity contribution < 1.29 is 9.84 Å². The first-order chi connectivity index (χ1) is 6.79. The average molecular weight is 193 g/mol. The van der Waals surface area contributed by atoms with E-state index >= 15 is 0 Å². The van der Waals surface area contributed by atoms with Gasteiger partial charge in [-0.2, -0.15) is 0 Å². The van der Waals surface area contributed by atoms with Crippen molar-refractivity contribution in [3.05, 3.63) is 29.8 Å². The molecule has 2 N–H and O–H groups in total. The monoisotopic (exact) mass is 193 g/mol. The van der Waals surface area contributed by atoms with Crippen molar-refractivity contribution in [3.63, 3.8) is 0 Å². The van der Waals surface area contributed by atoms with E-state index in [1.165, 1.54) is 5.56 Å². The number of aliphatic hydroxyl groups excluding tert-OH is 1. The third kappa shape index (κ3) is 1.89. The van der Waals surface area contributed by atoms with Crippen molar-refractivity contribution in [2.45, 2.75) is 18.6 Å². The molecule has 1 heterocycles. The van der Waals surface area contributed by atoms with Gasteiger partial charge in [-0.05, 0) is 24.1 Å². The molecular formula is C11H15NO2. The molecule has 1 aromatic carbocycles. The molecule has 0 saturated carbocycles. The molecule has 14 heavy (non-hydrogen) atoms. The van der Waals surface area contributed by atoms with Gasteiger partial charge in [0.15, 0.2) is 0 Å². The zero-order chi connectivity index (χ0) is 9.97. The van der Waals surface area contributed by atoms with Crippen LogP contribution >= 0.6 is 0 Å². The van der Waals surface area contributed by atoms with Crippen molar-refractivity contribution in [2.24, 2.45) is 0 Å². The molecule has 0 spiro atoms. The first-order valence-corrected chi connectivity index (χ1v) is 4.85. The highest BCUT2D eigenvalue weighted by Gasteiger charge is 2.23. The third-order valence-electron chi connectivity index (χ3n) is 2.60. The maximum atomic E-state index is 9.39. The van der Waals surface area contributed by atoms with Crippen LogP contribution in [-0.4, -0.2) is 24.9 Å². The van der Waals surface area contributed by atoms with Crippen LogP contribution in [0, 0.1) is 0 Å². The molecule has 3 heteroatoms. The molecule has 2 rings (SSSR count). The van der Waals surface area contributed by atoms with Gasteiger partial charge in [0.25, 0.3) is 0 Å². The first-order valence-electron chi connectivity index (χ1n) is 4.85. The lowest BCUT2D eigenvalue weighted by Gasteiger charge is -2.11. The summed E-state index contributed by atoms with van der Waals surface area (Å²) in [5.74, 6) is 0.866. The van der Waals surface area contributed by atoms with Gasteiger partial charge in [0, 0.05) is 12.6 Å². The second kappa shape index (κ2) is 3.98. The number of nitrogens with one attached hydrogen (secondary N) is 1. The van der Waals surface area contributed by atoms with E-state index in [0.29, 0.717) is 6.54 Å². The maximum Gasteiger partial charge on any atom is 0.119 e. The molecule has 1 saturated heterocycles. The minimum Gasteiger partial charge on any atom is -0.497 e. The predicted molar refractivity (Wildman–Crippen MR) is 54.4 cm³/mol. The van der Waals surface area contributed by atoms with Gasteiger partial charge >= 0.3 is 0 Å². The Kier molecular flexibility index (Phi) is 2.70. The first kappa shape index (κ1) is 9.49. The number of methoxy groups -OCH3 is 1. The van der Waals surface area contributed by atoms with Crippen molar-refractivity contribution in [3.8, 4) is 5.75 Å². The zero-order valence-corrected chi connectivity index (χ0v) is 8.23. The van der Waals surface area contributed by atoms with Crippen LogP contribution < -0.4 is 10.1 Å². The molecule has 0 aliphatic carbocycles. The normalized spacial score (nSPS) is 26.4. The fourth-order valence-electron chi connectivity index (χ4n) is 1.83. The average Bonchev–Trinajstić information content (AvgIpc) is 2.65. The number of aliphatic hydroxyl groups is 1. The summed E-state index contributed by atoms with van der Waals surface area (Å²) in [6.07, 6.45) is 0.568. The van der Waals surface area contributed by atoms with Crippen LogP contribution in [0.2, 0.25) is 0 Å². The van der Waals surface area contributed by atoms with Crippen LogP contribution in [0.3, 0.4) is 0 Å². The minimum atomic E-state index is -0.216. The summed E-state index contributed by atoms with van der Waals surface area (Å²) >= 11 is 0. The van der Waals surface area contributed by atoms with Crippen LogP contribution in [0.4, 0.5) is 0 Å². The van der Waals surface area contributed by atoms with Crippen molar-refractivity contribution >= 4 is 0 Å². The Morgan fingerprint density at radius 3 is 3.00 bits per heavy atom. The Morgan fingerprint density at radius 1 is 1.50 bits per heavy atom. The molecule has 0 bridgehead atoms. The lowest BCUT2D eigenvalue weighted by Crippen LogP contribution is -2.14. The Hall–Kier alpha value is -1.06. The van der Waals surface area contributed by atoms with E-state index in [1.54, 1.807) is 7.11 Å². The van der Waals surface area contributed by atoms with Gasteiger partial charge in [0.05, 0.1) is 13.2 Å². The highest BCUT2D eigenvalue weighted by Crippen LogP contribution is 2.25. The number of benzene rings is 1. The number of β-amino-alcohol motifs (C(OH)–C–C–N with tert-alkyl or cyclic N) is 1. The highest BCUT2D eigenvalue weighted by atomic mass is 16.5. The SMILES string of the molecule is COc1cccc([C@@H]2C[C@H](O)CN2)c1. The molecule has 1 aliphatic rings. The van der Waals surface area contributed by atoms with Gasteiger partial charge in [-0.15, -0.1) is 0 Å². The Balaban J connectivity index is 2.15. The standard InChI is InChI=1S/C11H15NO2/c1-14-10-4-2-3-8(5-10)11-6-9(13)7-12-11/h2-5,9,11-13H,6-7H2,1H3/t9-,11-/m0/s1. The Bertz CT molecular complexity index is 314. The third-order valence-corrected chi connectivity index (χ3v) is 2.60. The van der Waals surface area contributed by atoms with Crippen LogP contribution in [-0.2, 0) is 0 Å². The van der Waals surface area contributed by atoms with Gasteiger partial charge in [-0.3, -0.25) is 0 Å². The lowest BCUT2D eigenvalue weighted by molar-refractivity contribution is 0.193. The molecule has 0 aromatic heterocycles. The van der Waals surface area contributed by atoms with Gasteiger partial charge in [-0.25, -0.2) is 0 Å². The zero-order valence-electron chi connectivity index (χ0n) is 8.23. The second-order valence-electron chi connectivity index (χ2n) is 3.63. The summed E-state index contributed by atoms with van der Waals surface area (Å²) in [5.41, 5.74) is 1.18. The van der Waals surface area contributed by atoms with E-state index < -0.39 is 0 Å². The number of hydrogen-bond donors (Lipinski definition) is 2. The van der Waals surface area contributed by atoms with Crippen LogP contribution in [0.25, 0.3) is 0 Å².